The van der Waals surface area contributed by atoms with Crippen molar-refractivity contribution in [1.82, 2.24) is 0 Å². The molecule has 2 heterocycles. The van der Waals surface area contributed by atoms with Crippen molar-refractivity contribution in [2.24, 2.45) is 0 Å². The first-order valence-corrected chi connectivity index (χ1v) is 6.54. The minimum atomic E-state index is -0.191. The molecule has 0 amide bonds. The summed E-state index contributed by atoms with van der Waals surface area (Å²) in [4.78, 5) is 2.42. The van der Waals surface area contributed by atoms with Crippen molar-refractivity contribution in [2.45, 2.75) is 25.3 Å². The molecule has 0 radical (unpaired) electrons. The van der Waals surface area contributed by atoms with E-state index >= 15 is 0 Å². The molecule has 1 aromatic carbocycles. The number of anilines is 2. The van der Waals surface area contributed by atoms with Gasteiger partial charge in [-0.3, -0.25) is 0 Å². The van der Waals surface area contributed by atoms with Gasteiger partial charge in [-0.05, 0) is 41.3 Å². The predicted octanol–water partition coefficient (Wildman–Crippen LogP) is 3.37. The average molecular weight is 285 g/mol. The fraction of sp³-hybridized carbons (Fsp3) is 0.500. The standard InChI is InChI=1S/C12H14BrFN2/c13-9-6-12-11(7-10(9)14)15-4-3-8-2-1-5-16(8)12/h6-8,15H,1-5H2. The van der Waals surface area contributed by atoms with Gasteiger partial charge in [0.25, 0.3) is 0 Å². The zero-order chi connectivity index (χ0) is 11.1. The van der Waals surface area contributed by atoms with Crippen LogP contribution in [0.5, 0.6) is 0 Å². The highest BCUT2D eigenvalue weighted by atomic mass is 79.9. The highest BCUT2D eigenvalue weighted by Gasteiger charge is 2.28. The number of halogens is 2. The molecular weight excluding hydrogens is 271 g/mol. The van der Waals surface area contributed by atoms with E-state index in [9.17, 15) is 4.39 Å². The SMILES string of the molecule is Fc1cc2c(cc1Br)N1CCCC1CCN2. The molecule has 0 spiro atoms. The molecule has 3 rings (SSSR count). The summed E-state index contributed by atoms with van der Waals surface area (Å²) in [6, 6.07) is 4.13. The maximum atomic E-state index is 13.5. The average Bonchev–Trinajstić information content (AvgIpc) is 2.65. The van der Waals surface area contributed by atoms with Crippen molar-refractivity contribution in [3.63, 3.8) is 0 Å². The first-order valence-electron chi connectivity index (χ1n) is 5.75. The molecule has 86 valence electrons. The van der Waals surface area contributed by atoms with Crippen molar-refractivity contribution in [2.75, 3.05) is 23.3 Å². The van der Waals surface area contributed by atoms with Gasteiger partial charge in [-0.2, -0.15) is 0 Å². The molecule has 1 atom stereocenters. The largest absolute Gasteiger partial charge is 0.383 e. The van der Waals surface area contributed by atoms with Crippen LogP contribution in [0.4, 0.5) is 15.8 Å². The van der Waals surface area contributed by atoms with Gasteiger partial charge in [-0.25, -0.2) is 4.39 Å². The number of hydrogen-bond donors (Lipinski definition) is 1. The normalized spacial score (nSPS) is 23.4. The third-order valence-electron chi connectivity index (χ3n) is 3.52. The molecule has 0 bridgehead atoms. The van der Waals surface area contributed by atoms with Crippen LogP contribution < -0.4 is 10.2 Å². The fourth-order valence-electron chi connectivity index (χ4n) is 2.74. The van der Waals surface area contributed by atoms with Gasteiger partial charge in [-0.15, -0.1) is 0 Å². The van der Waals surface area contributed by atoms with Gasteiger partial charge in [0.15, 0.2) is 0 Å². The zero-order valence-electron chi connectivity index (χ0n) is 8.97. The lowest BCUT2D eigenvalue weighted by molar-refractivity contribution is 0.621. The van der Waals surface area contributed by atoms with Crippen LogP contribution in [0.25, 0.3) is 0 Å². The summed E-state index contributed by atoms with van der Waals surface area (Å²) in [5.41, 5.74) is 2.08. The van der Waals surface area contributed by atoms with Gasteiger partial charge < -0.3 is 10.2 Å². The topological polar surface area (TPSA) is 15.3 Å². The quantitative estimate of drug-likeness (QED) is 0.786. The van der Waals surface area contributed by atoms with Crippen LogP contribution in [0.15, 0.2) is 16.6 Å². The Morgan fingerprint density at radius 2 is 2.25 bits per heavy atom. The Balaban J connectivity index is 2.09. The van der Waals surface area contributed by atoms with E-state index < -0.39 is 0 Å². The smallest absolute Gasteiger partial charge is 0.139 e. The van der Waals surface area contributed by atoms with Gasteiger partial charge in [-0.1, -0.05) is 0 Å². The maximum Gasteiger partial charge on any atom is 0.139 e. The van der Waals surface area contributed by atoms with E-state index in [2.05, 4.69) is 26.1 Å². The number of rotatable bonds is 0. The fourth-order valence-corrected chi connectivity index (χ4v) is 3.07. The van der Waals surface area contributed by atoms with Gasteiger partial charge in [0.2, 0.25) is 0 Å². The molecule has 1 unspecified atom stereocenters. The Morgan fingerprint density at radius 1 is 1.38 bits per heavy atom. The lowest BCUT2D eigenvalue weighted by Crippen LogP contribution is -2.28. The number of benzene rings is 1. The van der Waals surface area contributed by atoms with E-state index in [1.54, 1.807) is 6.07 Å². The minimum Gasteiger partial charge on any atom is -0.383 e. The highest BCUT2D eigenvalue weighted by Crippen LogP contribution is 2.38. The van der Waals surface area contributed by atoms with Gasteiger partial charge >= 0.3 is 0 Å². The van der Waals surface area contributed by atoms with Crippen molar-refractivity contribution in [1.29, 1.82) is 0 Å². The van der Waals surface area contributed by atoms with Crippen LogP contribution in [-0.2, 0) is 0 Å². The van der Waals surface area contributed by atoms with E-state index in [1.165, 1.54) is 12.8 Å². The Kier molecular flexibility index (Phi) is 2.54. The first-order chi connectivity index (χ1) is 7.75. The van der Waals surface area contributed by atoms with Gasteiger partial charge in [0.05, 0.1) is 15.8 Å². The van der Waals surface area contributed by atoms with Crippen LogP contribution in [0, 0.1) is 5.82 Å². The second-order valence-corrected chi connectivity index (χ2v) is 5.34. The Hall–Kier alpha value is -0.770. The van der Waals surface area contributed by atoms with Gasteiger partial charge in [0.1, 0.15) is 5.82 Å². The van der Waals surface area contributed by atoms with E-state index in [0.29, 0.717) is 10.5 Å². The van der Waals surface area contributed by atoms with Crippen LogP contribution in [-0.4, -0.2) is 19.1 Å². The Bertz CT molecular complexity index is 422. The van der Waals surface area contributed by atoms with E-state index in [0.717, 1.165) is 30.9 Å². The molecule has 2 aliphatic heterocycles. The predicted molar refractivity (Wildman–Crippen MR) is 67.6 cm³/mol. The van der Waals surface area contributed by atoms with Crippen molar-refractivity contribution < 1.29 is 4.39 Å². The second kappa shape index (κ2) is 3.91. The van der Waals surface area contributed by atoms with Crippen molar-refractivity contribution in [3.05, 3.63) is 22.4 Å². The first kappa shape index (κ1) is 10.4. The molecule has 0 aromatic heterocycles. The summed E-state index contributed by atoms with van der Waals surface area (Å²) < 4.78 is 14.0. The summed E-state index contributed by atoms with van der Waals surface area (Å²) in [7, 11) is 0. The highest BCUT2D eigenvalue weighted by molar-refractivity contribution is 9.10. The monoisotopic (exact) mass is 284 g/mol. The lowest BCUT2D eigenvalue weighted by Gasteiger charge is -2.25. The maximum absolute atomic E-state index is 13.5. The number of nitrogens with one attached hydrogen (secondary N) is 1. The van der Waals surface area contributed by atoms with Crippen LogP contribution >= 0.6 is 15.9 Å². The van der Waals surface area contributed by atoms with Crippen LogP contribution in [0.1, 0.15) is 19.3 Å². The molecule has 1 aromatic rings. The molecular formula is C12H14BrFN2. The minimum absolute atomic E-state index is 0.191. The molecule has 2 nitrogen and oxygen atoms in total. The molecule has 1 N–H and O–H groups in total. The number of hydrogen-bond acceptors (Lipinski definition) is 2. The zero-order valence-corrected chi connectivity index (χ0v) is 10.6. The Labute approximate surface area is 103 Å². The van der Waals surface area contributed by atoms with Gasteiger partial charge in [0, 0.05) is 25.2 Å². The third kappa shape index (κ3) is 1.59. The molecule has 4 heteroatoms. The third-order valence-corrected chi connectivity index (χ3v) is 4.13. The van der Waals surface area contributed by atoms with E-state index in [1.807, 2.05) is 6.07 Å². The van der Waals surface area contributed by atoms with Crippen LogP contribution in [0.2, 0.25) is 0 Å². The summed E-state index contributed by atoms with van der Waals surface area (Å²) in [6.45, 7) is 2.03. The summed E-state index contributed by atoms with van der Waals surface area (Å²) in [5, 5.41) is 3.32. The molecule has 0 saturated carbocycles. The Morgan fingerprint density at radius 3 is 3.12 bits per heavy atom. The molecule has 0 aliphatic carbocycles. The van der Waals surface area contributed by atoms with Crippen molar-refractivity contribution >= 4 is 27.3 Å². The van der Waals surface area contributed by atoms with Crippen LogP contribution in [0.3, 0.4) is 0 Å². The summed E-state index contributed by atoms with van der Waals surface area (Å²) in [6.07, 6.45) is 3.66. The molecule has 2 aliphatic rings. The summed E-state index contributed by atoms with van der Waals surface area (Å²) in [5.74, 6) is -0.191. The molecule has 1 saturated heterocycles. The second-order valence-electron chi connectivity index (χ2n) is 4.49. The number of nitrogens with zero attached hydrogens (tertiary/aromatic N) is 1. The lowest BCUT2D eigenvalue weighted by atomic mass is 10.1. The molecule has 1 fully saturated rings. The van der Waals surface area contributed by atoms with Crippen molar-refractivity contribution in [3.8, 4) is 0 Å². The van der Waals surface area contributed by atoms with E-state index in [4.69, 9.17) is 0 Å². The molecule has 16 heavy (non-hydrogen) atoms. The van der Waals surface area contributed by atoms with E-state index in [-0.39, 0.29) is 5.82 Å². The summed E-state index contributed by atoms with van der Waals surface area (Å²) >= 11 is 3.27. The number of fused-ring (bicyclic) bond motifs is 3.